The lowest BCUT2D eigenvalue weighted by Crippen LogP contribution is -3.10. The van der Waals surface area contributed by atoms with Gasteiger partial charge in [-0.3, -0.25) is 9.78 Å². The summed E-state index contributed by atoms with van der Waals surface area (Å²) < 4.78 is 0. The fourth-order valence-electron chi connectivity index (χ4n) is 3.12. The van der Waals surface area contributed by atoms with E-state index in [9.17, 15) is 4.79 Å². The average Bonchev–Trinajstić information content (AvgIpc) is 2.60. The molecule has 4 heteroatoms. The number of anilines is 1. The second-order valence-electron chi connectivity index (χ2n) is 6.23. The molecule has 2 aromatic rings. The molecular formula is C19H24N3O+. The van der Waals surface area contributed by atoms with Crippen molar-refractivity contribution in [2.45, 2.75) is 19.3 Å². The summed E-state index contributed by atoms with van der Waals surface area (Å²) in [5.74, 6) is 0.218. The van der Waals surface area contributed by atoms with Crippen LogP contribution in [0.25, 0.3) is 0 Å². The van der Waals surface area contributed by atoms with Crippen LogP contribution < -0.4 is 9.80 Å². The molecule has 2 heterocycles. The fraction of sp³-hybridized carbons (Fsp3) is 0.368. The Hall–Kier alpha value is -2.20. The van der Waals surface area contributed by atoms with E-state index in [0.29, 0.717) is 6.54 Å². The zero-order chi connectivity index (χ0) is 16.1. The highest BCUT2D eigenvalue weighted by Gasteiger charge is 2.24. The zero-order valence-electron chi connectivity index (χ0n) is 13.7. The predicted octanol–water partition coefficient (Wildman–Crippen LogP) is 1.12. The van der Waals surface area contributed by atoms with Crippen molar-refractivity contribution in [2.24, 2.45) is 0 Å². The molecule has 1 aliphatic rings. The predicted molar refractivity (Wildman–Crippen MR) is 91.7 cm³/mol. The number of rotatable bonds is 5. The lowest BCUT2D eigenvalue weighted by Gasteiger charge is -2.30. The Morgan fingerprint density at radius 3 is 2.87 bits per heavy atom. The van der Waals surface area contributed by atoms with E-state index in [1.54, 1.807) is 0 Å². The first-order chi connectivity index (χ1) is 11.2. The van der Waals surface area contributed by atoms with Gasteiger partial charge in [0.1, 0.15) is 0 Å². The van der Waals surface area contributed by atoms with Gasteiger partial charge in [0.2, 0.25) is 0 Å². The molecule has 23 heavy (non-hydrogen) atoms. The third-order valence-electron chi connectivity index (χ3n) is 4.40. The van der Waals surface area contributed by atoms with Crippen molar-refractivity contribution in [2.75, 3.05) is 31.6 Å². The number of nitrogens with one attached hydrogen (secondary N) is 1. The van der Waals surface area contributed by atoms with Crippen LogP contribution in [0.5, 0.6) is 0 Å². The monoisotopic (exact) mass is 310 g/mol. The smallest absolute Gasteiger partial charge is 0.282 e. The molecule has 0 bridgehead atoms. The number of likely N-dealkylation sites (N-methyl/N-ethyl adjacent to an activating group) is 1. The number of pyridine rings is 1. The number of para-hydroxylation sites is 1. The van der Waals surface area contributed by atoms with Crippen LogP contribution in [0.4, 0.5) is 5.69 Å². The second-order valence-corrected chi connectivity index (χ2v) is 6.23. The summed E-state index contributed by atoms with van der Waals surface area (Å²) in [4.78, 5) is 20.2. The number of amides is 1. The fourth-order valence-corrected chi connectivity index (χ4v) is 3.12. The maximum absolute atomic E-state index is 12.7. The minimum Gasteiger partial charge on any atom is -0.329 e. The number of quaternary nitrogens is 1. The molecular weight excluding hydrogens is 286 g/mol. The molecule has 0 radical (unpaired) electrons. The summed E-state index contributed by atoms with van der Waals surface area (Å²) in [7, 11) is 2.08. The summed E-state index contributed by atoms with van der Waals surface area (Å²) in [5, 5.41) is 0. The molecule has 0 aliphatic carbocycles. The van der Waals surface area contributed by atoms with Crippen molar-refractivity contribution in [3.8, 4) is 0 Å². The summed E-state index contributed by atoms with van der Waals surface area (Å²) in [5.41, 5.74) is 3.47. The Labute approximate surface area is 137 Å². The number of carbonyl (C=O) groups is 1. The molecule has 0 fully saturated rings. The van der Waals surface area contributed by atoms with Crippen LogP contribution in [-0.2, 0) is 17.6 Å². The van der Waals surface area contributed by atoms with Crippen LogP contribution in [0.15, 0.2) is 48.7 Å². The largest absolute Gasteiger partial charge is 0.329 e. The van der Waals surface area contributed by atoms with Crippen LogP contribution >= 0.6 is 0 Å². The molecule has 1 N–H and O–H groups in total. The molecule has 0 spiro atoms. The quantitative estimate of drug-likeness (QED) is 0.899. The second kappa shape index (κ2) is 7.38. The van der Waals surface area contributed by atoms with Gasteiger partial charge < -0.3 is 9.80 Å². The SMILES string of the molecule is C[NH+](CCc1ccccn1)CC(=O)N1CCCc2ccccc21. The minimum absolute atomic E-state index is 0.218. The number of fused-ring (bicyclic) bond motifs is 1. The summed E-state index contributed by atoms with van der Waals surface area (Å²) in [6, 6.07) is 14.2. The Bertz CT molecular complexity index is 657. The zero-order valence-corrected chi connectivity index (χ0v) is 13.7. The molecule has 1 amide bonds. The van der Waals surface area contributed by atoms with Gasteiger partial charge in [0.05, 0.1) is 13.6 Å². The highest BCUT2D eigenvalue weighted by Crippen LogP contribution is 2.26. The number of aryl methyl sites for hydroxylation is 1. The highest BCUT2D eigenvalue weighted by molar-refractivity contribution is 5.95. The molecule has 1 atom stereocenters. The summed E-state index contributed by atoms with van der Waals surface area (Å²) >= 11 is 0. The molecule has 120 valence electrons. The molecule has 3 rings (SSSR count). The molecule has 1 aromatic carbocycles. The van der Waals surface area contributed by atoms with Crippen molar-refractivity contribution in [1.29, 1.82) is 0 Å². The maximum Gasteiger partial charge on any atom is 0.282 e. The Morgan fingerprint density at radius 2 is 2.04 bits per heavy atom. The van der Waals surface area contributed by atoms with Crippen molar-refractivity contribution in [3.05, 3.63) is 59.9 Å². The van der Waals surface area contributed by atoms with Gasteiger partial charge in [0.15, 0.2) is 6.54 Å². The lowest BCUT2D eigenvalue weighted by atomic mass is 10.0. The van der Waals surface area contributed by atoms with E-state index < -0.39 is 0 Å². The lowest BCUT2D eigenvalue weighted by molar-refractivity contribution is -0.870. The van der Waals surface area contributed by atoms with Crippen LogP contribution in [0, 0.1) is 0 Å². The standard InChI is InChI=1S/C19H23N3O/c1-21(14-11-17-9-4-5-12-20-17)15-19(23)22-13-6-8-16-7-2-3-10-18(16)22/h2-5,7,9-10,12H,6,8,11,13-15H2,1H3/p+1. The Morgan fingerprint density at radius 1 is 1.22 bits per heavy atom. The van der Waals surface area contributed by atoms with Crippen molar-refractivity contribution in [1.82, 2.24) is 4.98 Å². The van der Waals surface area contributed by atoms with Crippen molar-refractivity contribution >= 4 is 11.6 Å². The van der Waals surface area contributed by atoms with Gasteiger partial charge in [0, 0.05) is 30.5 Å². The molecule has 4 nitrogen and oxygen atoms in total. The number of hydrogen-bond donors (Lipinski definition) is 1. The molecule has 1 unspecified atom stereocenters. The Kier molecular flexibility index (Phi) is 5.03. The number of carbonyl (C=O) groups excluding carboxylic acids is 1. The third-order valence-corrected chi connectivity index (χ3v) is 4.40. The normalized spacial score (nSPS) is 15.1. The van der Waals surface area contributed by atoms with E-state index in [1.165, 1.54) is 10.5 Å². The Balaban J connectivity index is 1.57. The van der Waals surface area contributed by atoms with Crippen LogP contribution in [0.3, 0.4) is 0 Å². The van der Waals surface area contributed by atoms with Gasteiger partial charge in [0.25, 0.3) is 5.91 Å². The van der Waals surface area contributed by atoms with Gasteiger partial charge in [-0.15, -0.1) is 0 Å². The molecule has 0 saturated carbocycles. The third kappa shape index (κ3) is 3.96. The number of nitrogens with zero attached hydrogens (tertiary/aromatic N) is 2. The molecule has 0 saturated heterocycles. The van der Waals surface area contributed by atoms with Crippen LogP contribution in [0.2, 0.25) is 0 Å². The van der Waals surface area contributed by atoms with Crippen molar-refractivity contribution in [3.63, 3.8) is 0 Å². The topological polar surface area (TPSA) is 37.6 Å². The summed E-state index contributed by atoms with van der Waals surface area (Å²) in [6.45, 7) is 2.28. The van der Waals surface area contributed by atoms with Gasteiger partial charge in [-0.05, 0) is 36.6 Å². The summed E-state index contributed by atoms with van der Waals surface area (Å²) in [6.07, 6.45) is 4.84. The van der Waals surface area contributed by atoms with Gasteiger partial charge in [-0.25, -0.2) is 0 Å². The number of aromatic nitrogens is 1. The van der Waals surface area contributed by atoms with Gasteiger partial charge in [-0.1, -0.05) is 24.3 Å². The van der Waals surface area contributed by atoms with Crippen LogP contribution in [-0.4, -0.2) is 37.6 Å². The van der Waals surface area contributed by atoms with E-state index in [2.05, 4.69) is 30.2 Å². The highest BCUT2D eigenvalue weighted by atomic mass is 16.2. The van der Waals surface area contributed by atoms with E-state index in [1.807, 2.05) is 35.4 Å². The van der Waals surface area contributed by atoms with Crippen LogP contribution in [0.1, 0.15) is 17.7 Å². The first-order valence-corrected chi connectivity index (χ1v) is 8.33. The molecule has 1 aliphatic heterocycles. The van der Waals surface area contributed by atoms with E-state index >= 15 is 0 Å². The molecule has 1 aromatic heterocycles. The van der Waals surface area contributed by atoms with Gasteiger partial charge >= 0.3 is 0 Å². The maximum atomic E-state index is 12.7. The first kappa shape index (κ1) is 15.7. The average molecular weight is 310 g/mol. The van der Waals surface area contributed by atoms with E-state index in [-0.39, 0.29) is 5.91 Å². The van der Waals surface area contributed by atoms with Gasteiger partial charge in [-0.2, -0.15) is 0 Å². The first-order valence-electron chi connectivity index (χ1n) is 8.33. The van der Waals surface area contributed by atoms with E-state index in [0.717, 1.165) is 43.7 Å². The minimum atomic E-state index is 0.218. The number of benzene rings is 1. The van der Waals surface area contributed by atoms with E-state index in [4.69, 9.17) is 0 Å². The number of hydrogen-bond acceptors (Lipinski definition) is 2. The van der Waals surface area contributed by atoms with Crippen molar-refractivity contribution < 1.29 is 9.69 Å².